The molecular formula is C29H37N5O3. The molecule has 8 heteroatoms. The Morgan fingerprint density at radius 3 is 2.62 bits per heavy atom. The third-order valence-corrected chi connectivity index (χ3v) is 7.50. The van der Waals surface area contributed by atoms with Crippen molar-refractivity contribution >= 4 is 17.3 Å². The van der Waals surface area contributed by atoms with E-state index in [1.807, 2.05) is 36.4 Å². The molecule has 5 rings (SSSR count). The number of rotatable bonds is 11. The number of carbonyl (C=O) groups is 1. The lowest BCUT2D eigenvalue weighted by atomic mass is 9.91. The summed E-state index contributed by atoms with van der Waals surface area (Å²) in [5.74, 6) is 0.830. The number of benzene rings is 2. The van der Waals surface area contributed by atoms with Crippen molar-refractivity contribution in [1.29, 1.82) is 5.26 Å². The second-order valence-corrected chi connectivity index (χ2v) is 10.00. The van der Waals surface area contributed by atoms with E-state index in [9.17, 15) is 10.1 Å². The summed E-state index contributed by atoms with van der Waals surface area (Å²) in [4.78, 5) is 16.8. The van der Waals surface area contributed by atoms with Crippen molar-refractivity contribution in [1.82, 2.24) is 10.2 Å². The first-order chi connectivity index (χ1) is 18.2. The van der Waals surface area contributed by atoms with Crippen LogP contribution in [-0.4, -0.2) is 69.9 Å². The normalized spacial score (nSPS) is 21.4. The van der Waals surface area contributed by atoms with Crippen molar-refractivity contribution in [2.24, 2.45) is 5.92 Å². The third-order valence-electron chi connectivity index (χ3n) is 7.50. The Bertz CT molecular complexity index is 1110. The zero-order valence-corrected chi connectivity index (χ0v) is 21.6. The van der Waals surface area contributed by atoms with Gasteiger partial charge >= 0.3 is 0 Å². The highest BCUT2D eigenvalue weighted by atomic mass is 16.5. The van der Waals surface area contributed by atoms with E-state index < -0.39 is 0 Å². The standard InChI is InChI=1S/C29H37N5O3/c1-2-34-27-19-24(37-16-12-31-11-13-33-14-17-36-18-15-33)9-10-25(27)26(20-30)28(34)21-5-7-23(8-6-21)32-29(35)22-3-4-22/h5-10,19,22,26,28,31H,2-4,11-18H2,1H3,(H,32,35)/t26-,28?/m1/s1. The molecule has 2 aromatic rings. The summed E-state index contributed by atoms with van der Waals surface area (Å²) >= 11 is 0. The molecule has 3 aliphatic rings. The molecule has 8 nitrogen and oxygen atoms in total. The number of fused-ring (bicyclic) bond motifs is 1. The first-order valence-corrected chi connectivity index (χ1v) is 13.5. The maximum absolute atomic E-state index is 12.1. The Kier molecular flexibility index (Phi) is 8.24. The van der Waals surface area contributed by atoms with E-state index in [-0.39, 0.29) is 23.8 Å². The van der Waals surface area contributed by atoms with Gasteiger partial charge in [-0.3, -0.25) is 9.69 Å². The molecular weight excluding hydrogens is 466 g/mol. The SMILES string of the molecule is CCN1c2cc(OCCNCCN3CCOCC3)ccc2[C@@H](C#N)C1c1ccc(NC(=O)C2CC2)cc1. The average Bonchev–Trinajstić information content (AvgIpc) is 3.74. The molecule has 0 radical (unpaired) electrons. The molecule has 1 unspecified atom stereocenters. The van der Waals surface area contributed by atoms with Gasteiger partial charge < -0.3 is 25.0 Å². The number of nitrogens with one attached hydrogen (secondary N) is 2. The van der Waals surface area contributed by atoms with Gasteiger partial charge in [-0.05, 0) is 49.1 Å². The second kappa shape index (κ2) is 12.0. The van der Waals surface area contributed by atoms with Crippen molar-refractivity contribution in [3.8, 4) is 11.8 Å². The minimum atomic E-state index is -0.266. The lowest BCUT2D eigenvalue weighted by Crippen LogP contribution is -2.40. The van der Waals surface area contributed by atoms with Gasteiger partial charge in [-0.15, -0.1) is 0 Å². The molecule has 2 atom stereocenters. The van der Waals surface area contributed by atoms with Crippen LogP contribution < -0.4 is 20.3 Å². The number of ether oxygens (including phenoxy) is 2. The van der Waals surface area contributed by atoms with E-state index in [1.165, 1.54) is 0 Å². The number of hydrogen-bond acceptors (Lipinski definition) is 7. The minimum Gasteiger partial charge on any atom is -0.492 e. The summed E-state index contributed by atoms with van der Waals surface area (Å²) < 4.78 is 11.5. The van der Waals surface area contributed by atoms with Crippen LogP contribution in [0.4, 0.5) is 11.4 Å². The van der Waals surface area contributed by atoms with Gasteiger partial charge in [0, 0.05) is 62.6 Å². The van der Waals surface area contributed by atoms with E-state index in [1.54, 1.807) is 0 Å². The molecule has 1 saturated carbocycles. The zero-order chi connectivity index (χ0) is 25.6. The molecule has 2 aromatic carbocycles. The summed E-state index contributed by atoms with van der Waals surface area (Å²) in [6.07, 6.45) is 1.97. The Morgan fingerprint density at radius 2 is 1.92 bits per heavy atom. The maximum atomic E-state index is 12.1. The van der Waals surface area contributed by atoms with E-state index in [0.29, 0.717) is 6.61 Å². The molecule has 2 N–H and O–H groups in total. The van der Waals surface area contributed by atoms with Crippen molar-refractivity contribution in [3.05, 3.63) is 53.6 Å². The Labute approximate surface area is 219 Å². The van der Waals surface area contributed by atoms with E-state index >= 15 is 0 Å². The zero-order valence-electron chi connectivity index (χ0n) is 21.6. The van der Waals surface area contributed by atoms with Gasteiger partial charge in [0.2, 0.25) is 5.91 Å². The van der Waals surface area contributed by atoms with E-state index in [0.717, 1.165) is 93.6 Å². The van der Waals surface area contributed by atoms with E-state index in [4.69, 9.17) is 9.47 Å². The largest absolute Gasteiger partial charge is 0.492 e. The molecule has 2 fully saturated rings. The number of morpholine rings is 1. The van der Waals surface area contributed by atoms with Gasteiger partial charge in [-0.2, -0.15) is 5.26 Å². The van der Waals surface area contributed by atoms with Crippen molar-refractivity contribution in [2.75, 3.05) is 69.3 Å². The van der Waals surface area contributed by atoms with Gasteiger partial charge in [-0.25, -0.2) is 0 Å². The lowest BCUT2D eigenvalue weighted by molar-refractivity contribution is -0.117. The van der Waals surface area contributed by atoms with E-state index in [2.05, 4.69) is 39.5 Å². The number of likely N-dealkylation sites (N-methyl/N-ethyl adjacent to an activating group) is 1. The van der Waals surface area contributed by atoms with Crippen LogP contribution in [-0.2, 0) is 9.53 Å². The monoisotopic (exact) mass is 503 g/mol. The number of amides is 1. The van der Waals surface area contributed by atoms with Crippen LogP contribution in [0.25, 0.3) is 0 Å². The quantitative estimate of drug-likeness (QED) is 0.454. The minimum absolute atomic E-state index is 0.0738. The average molecular weight is 504 g/mol. The summed E-state index contributed by atoms with van der Waals surface area (Å²) in [6, 6.07) is 16.5. The fourth-order valence-electron chi connectivity index (χ4n) is 5.29. The number of nitriles is 1. The van der Waals surface area contributed by atoms with Crippen molar-refractivity contribution < 1.29 is 14.3 Å². The molecule has 0 aromatic heterocycles. The fraction of sp³-hybridized carbons (Fsp3) is 0.517. The Morgan fingerprint density at radius 1 is 1.14 bits per heavy atom. The predicted molar refractivity (Wildman–Crippen MR) is 144 cm³/mol. The van der Waals surface area contributed by atoms with Gasteiger partial charge in [0.15, 0.2) is 0 Å². The Hall–Kier alpha value is -3.12. The topological polar surface area (TPSA) is 89.9 Å². The van der Waals surface area contributed by atoms with Gasteiger partial charge in [0.1, 0.15) is 12.4 Å². The molecule has 37 heavy (non-hydrogen) atoms. The number of hydrogen-bond donors (Lipinski definition) is 2. The molecule has 0 spiro atoms. The predicted octanol–water partition coefficient (Wildman–Crippen LogP) is 3.52. The summed E-state index contributed by atoms with van der Waals surface area (Å²) in [7, 11) is 0. The van der Waals surface area contributed by atoms with Crippen LogP contribution in [0, 0.1) is 17.2 Å². The highest BCUT2D eigenvalue weighted by Crippen LogP contribution is 2.49. The number of nitrogens with zero attached hydrogens (tertiary/aromatic N) is 3. The molecule has 0 bridgehead atoms. The summed E-state index contributed by atoms with van der Waals surface area (Å²) in [5, 5.41) is 16.6. The van der Waals surface area contributed by atoms with Crippen molar-refractivity contribution in [3.63, 3.8) is 0 Å². The molecule has 1 aliphatic carbocycles. The van der Waals surface area contributed by atoms with Crippen LogP contribution in [0.5, 0.6) is 5.75 Å². The van der Waals surface area contributed by atoms with Gasteiger partial charge in [0.05, 0.1) is 31.2 Å². The highest BCUT2D eigenvalue weighted by molar-refractivity contribution is 5.94. The van der Waals surface area contributed by atoms with Crippen molar-refractivity contribution in [2.45, 2.75) is 31.7 Å². The molecule has 1 amide bonds. The van der Waals surface area contributed by atoms with Gasteiger partial charge in [0.25, 0.3) is 0 Å². The van der Waals surface area contributed by atoms with Crippen LogP contribution in [0.1, 0.15) is 42.9 Å². The smallest absolute Gasteiger partial charge is 0.227 e. The first kappa shape index (κ1) is 25.5. The highest BCUT2D eigenvalue weighted by Gasteiger charge is 2.39. The summed E-state index contributed by atoms with van der Waals surface area (Å²) in [5.41, 5.74) is 3.97. The number of carbonyl (C=O) groups excluding carboxylic acids is 1. The molecule has 196 valence electrons. The lowest BCUT2D eigenvalue weighted by Gasteiger charge is -2.28. The molecule has 2 aliphatic heterocycles. The van der Waals surface area contributed by atoms with Crippen LogP contribution in [0.2, 0.25) is 0 Å². The van der Waals surface area contributed by atoms with Crippen LogP contribution in [0.3, 0.4) is 0 Å². The number of anilines is 2. The Balaban J connectivity index is 1.18. The van der Waals surface area contributed by atoms with Crippen LogP contribution in [0.15, 0.2) is 42.5 Å². The van der Waals surface area contributed by atoms with Gasteiger partial charge in [-0.1, -0.05) is 18.2 Å². The second-order valence-electron chi connectivity index (χ2n) is 10.00. The molecule has 1 saturated heterocycles. The summed E-state index contributed by atoms with van der Waals surface area (Å²) in [6.45, 7) is 9.90. The third kappa shape index (κ3) is 6.07. The maximum Gasteiger partial charge on any atom is 0.227 e. The fourth-order valence-corrected chi connectivity index (χ4v) is 5.29. The van der Waals surface area contributed by atoms with Crippen LogP contribution >= 0.6 is 0 Å². The molecule has 2 heterocycles. The first-order valence-electron chi connectivity index (χ1n) is 13.5.